The SMILES string of the molecule is CCc1ccsc1CCC(CC)Nc1nc(C)nc(NC(C)=O)n1. The topological polar surface area (TPSA) is 79.8 Å². The molecular formula is C17H25N5OS. The van der Waals surface area contributed by atoms with Crippen molar-refractivity contribution in [3.8, 4) is 0 Å². The molecule has 0 bridgehead atoms. The number of nitrogens with zero attached hydrogens (tertiary/aromatic N) is 3. The predicted molar refractivity (Wildman–Crippen MR) is 98.6 cm³/mol. The Morgan fingerprint density at radius 1 is 1.25 bits per heavy atom. The number of hydrogen-bond acceptors (Lipinski definition) is 6. The highest BCUT2D eigenvalue weighted by molar-refractivity contribution is 7.10. The largest absolute Gasteiger partial charge is 0.351 e. The van der Waals surface area contributed by atoms with Gasteiger partial charge in [-0.05, 0) is 49.6 Å². The highest BCUT2D eigenvalue weighted by Gasteiger charge is 2.12. The quantitative estimate of drug-likeness (QED) is 0.763. The molecule has 1 amide bonds. The zero-order valence-electron chi connectivity index (χ0n) is 14.7. The highest BCUT2D eigenvalue weighted by Crippen LogP contribution is 2.21. The molecule has 2 rings (SSSR count). The van der Waals surface area contributed by atoms with E-state index in [1.807, 2.05) is 11.3 Å². The third-order valence-electron chi connectivity index (χ3n) is 3.80. The molecule has 0 saturated carbocycles. The van der Waals surface area contributed by atoms with Crippen LogP contribution in [0.1, 0.15) is 49.9 Å². The van der Waals surface area contributed by atoms with Crippen molar-refractivity contribution in [1.29, 1.82) is 0 Å². The second kappa shape index (κ2) is 8.73. The van der Waals surface area contributed by atoms with Gasteiger partial charge in [-0.3, -0.25) is 10.1 Å². The van der Waals surface area contributed by atoms with E-state index in [0.29, 0.717) is 17.7 Å². The summed E-state index contributed by atoms with van der Waals surface area (Å²) in [6.07, 6.45) is 4.13. The van der Waals surface area contributed by atoms with E-state index in [9.17, 15) is 4.79 Å². The summed E-state index contributed by atoms with van der Waals surface area (Å²) in [5.74, 6) is 1.19. The molecule has 0 aliphatic rings. The molecular weight excluding hydrogens is 322 g/mol. The summed E-state index contributed by atoms with van der Waals surface area (Å²) in [4.78, 5) is 25.4. The summed E-state index contributed by atoms with van der Waals surface area (Å²) in [5, 5.41) is 8.15. The van der Waals surface area contributed by atoms with Gasteiger partial charge < -0.3 is 5.32 Å². The summed E-state index contributed by atoms with van der Waals surface area (Å²) in [6, 6.07) is 2.49. The average molecular weight is 347 g/mol. The Hall–Kier alpha value is -2.02. The number of carbonyl (C=O) groups excluding carboxylic acids is 1. The molecule has 2 aromatic heterocycles. The van der Waals surface area contributed by atoms with Gasteiger partial charge in [0.15, 0.2) is 0 Å². The lowest BCUT2D eigenvalue weighted by molar-refractivity contribution is -0.114. The Morgan fingerprint density at radius 3 is 2.67 bits per heavy atom. The Morgan fingerprint density at radius 2 is 2.00 bits per heavy atom. The molecule has 6 nitrogen and oxygen atoms in total. The molecule has 130 valence electrons. The second-order valence-electron chi connectivity index (χ2n) is 5.72. The first-order valence-corrected chi connectivity index (χ1v) is 9.21. The van der Waals surface area contributed by atoms with Gasteiger partial charge in [0, 0.05) is 17.8 Å². The van der Waals surface area contributed by atoms with Crippen molar-refractivity contribution in [3.05, 3.63) is 27.7 Å². The van der Waals surface area contributed by atoms with E-state index in [1.165, 1.54) is 17.4 Å². The normalized spacial score (nSPS) is 12.0. The number of aromatic nitrogens is 3. The number of thiophene rings is 1. The molecule has 2 aromatic rings. The summed E-state index contributed by atoms with van der Waals surface area (Å²) in [5.41, 5.74) is 1.44. The third kappa shape index (κ3) is 5.26. The van der Waals surface area contributed by atoms with Gasteiger partial charge in [0.25, 0.3) is 0 Å². The van der Waals surface area contributed by atoms with Crippen LogP contribution in [0.25, 0.3) is 0 Å². The van der Waals surface area contributed by atoms with Gasteiger partial charge in [0.1, 0.15) is 5.82 Å². The summed E-state index contributed by atoms with van der Waals surface area (Å²) >= 11 is 1.83. The van der Waals surface area contributed by atoms with Gasteiger partial charge in [-0.2, -0.15) is 15.0 Å². The first kappa shape index (κ1) is 18.3. The van der Waals surface area contributed by atoms with Crippen LogP contribution in [0.15, 0.2) is 11.4 Å². The average Bonchev–Trinajstić information content (AvgIpc) is 2.97. The fourth-order valence-corrected chi connectivity index (χ4v) is 3.52. The maximum Gasteiger partial charge on any atom is 0.234 e. The molecule has 0 saturated heterocycles. The second-order valence-corrected chi connectivity index (χ2v) is 6.72. The number of nitrogens with one attached hydrogen (secondary N) is 2. The first-order chi connectivity index (χ1) is 11.5. The van der Waals surface area contributed by atoms with Gasteiger partial charge in [0.05, 0.1) is 0 Å². The molecule has 1 atom stereocenters. The lowest BCUT2D eigenvalue weighted by Gasteiger charge is -2.17. The van der Waals surface area contributed by atoms with E-state index < -0.39 is 0 Å². The van der Waals surface area contributed by atoms with Crippen molar-refractivity contribution >= 4 is 29.1 Å². The van der Waals surface area contributed by atoms with Gasteiger partial charge in [-0.25, -0.2) is 0 Å². The molecule has 1 unspecified atom stereocenters. The molecule has 7 heteroatoms. The fourth-order valence-electron chi connectivity index (χ4n) is 2.53. The minimum atomic E-state index is -0.191. The van der Waals surface area contributed by atoms with Crippen LogP contribution < -0.4 is 10.6 Å². The van der Waals surface area contributed by atoms with Crippen LogP contribution in [0.2, 0.25) is 0 Å². The minimum Gasteiger partial charge on any atom is -0.351 e. The molecule has 2 heterocycles. The number of rotatable bonds is 8. The van der Waals surface area contributed by atoms with Crippen LogP contribution in [-0.2, 0) is 17.6 Å². The van der Waals surface area contributed by atoms with Gasteiger partial charge in [0.2, 0.25) is 17.8 Å². The monoisotopic (exact) mass is 347 g/mol. The minimum absolute atomic E-state index is 0.191. The summed E-state index contributed by atoms with van der Waals surface area (Å²) in [7, 11) is 0. The Balaban J connectivity index is 2.01. The number of hydrogen-bond donors (Lipinski definition) is 2. The molecule has 0 aliphatic heterocycles. The van der Waals surface area contributed by atoms with Crippen molar-refractivity contribution in [2.45, 2.75) is 59.4 Å². The maximum atomic E-state index is 11.2. The van der Waals surface area contributed by atoms with Crippen molar-refractivity contribution in [1.82, 2.24) is 15.0 Å². The highest BCUT2D eigenvalue weighted by atomic mass is 32.1. The Labute approximate surface area is 147 Å². The van der Waals surface area contributed by atoms with Crippen molar-refractivity contribution in [2.75, 3.05) is 10.6 Å². The summed E-state index contributed by atoms with van der Waals surface area (Å²) < 4.78 is 0. The molecule has 0 spiro atoms. The van der Waals surface area contributed by atoms with Crippen LogP contribution in [0.4, 0.5) is 11.9 Å². The maximum absolute atomic E-state index is 11.2. The van der Waals surface area contributed by atoms with Gasteiger partial charge in [-0.15, -0.1) is 11.3 Å². The van der Waals surface area contributed by atoms with E-state index in [4.69, 9.17) is 0 Å². The van der Waals surface area contributed by atoms with E-state index in [-0.39, 0.29) is 11.9 Å². The predicted octanol–water partition coefficient (Wildman–Crippen LogP) is 3.59. The number of anilines is 2. The van der Waals surface area contributed by atoms with Gasteiger partial charge in [-0.1, -0.05) is 13.8 Å². The van der Waals surface area contributed by atoms with Crippen molar-refractivity contribution in [2.24, 2.45) is 0 Å². The molecule has 0 aromatic carbocycles. The molecule has 0 fully saturated rings. The molecule has 0 radical (unpaired) electrons. The zero-order chi connectivity index (χ0) is 17.5. The third-order valence-corrected chi connectivity index (χ3v) is 4.82. The van der Waals surface area contributed by atoms with Crippen LogP contribution in [0, 0.1) is 6.92 Å². The Kier molecular flexibility index (Phi) is 6.66. The number of carbonyl (C=O) groups is 1. The first-order valence-electron chi connectivity index (χ1n) is 8.33. The summed E-state index contributed by atoms with van der Waals surface area (Å²) in [6.45, 7) is 7.57. The van der Waals surface area contributed by atoms with Crippen LogP contribution in [0.3, 0.4) is 0 Å². The van der Waals surface area contributed by atoms with Crippen LogP contribution in [0.5, 0.6) is 0 Å². The molecule has 0 aliphatic carbocycles. The lowest BCUT2D eigenvalue weighted by atomic mass is 10.1. The van der Waals surface area contributed by atoms with E-state index in [1.54, 1.807) is 6.92 Å². The number of aryl methyl sites for hydroxylation is 3. The van der Waals surface area contributed by atoms with Crippen LogP contribution in [-0.4, -0.2) is 26.9 Å². The molecule has 2 N–H and O–H groups in total. The number of amides is 1. The van der Waals surface area contributed by atoms with E-state index in [2.05, 4.69) is 50.9 Å². The van der Waals surface area contributed by atoms with Crippen molar-refractivity contribution < 1.29 is 4.79 Å². The van der Waals surface area contributed by atoms with E-state index in [0.717, 1.165) is 25.7 Å². The standard InChI is InChI=1S/C17H25N5OS/c1-5-13-9-10-24-15(13)8-7-14(6-2)21-17-19-11(3)18-16(22-17)20-12(4)23/h9-10,14H,5-8H2,1-4H3,(H2,18,19,20,21,22,23). The molecule has 24 heavy (non-hydrogen) atoms. The lowest BCUT2D eigenvalue weighted by Crippen LogP contribution is -2.22. The van der Waals surface area contributed by atoms with Crippen molar-refractivity contribution in [3.63, 3.8) is 0 Å². The van der Waals surface area contributed by atoms with E-state index >= 15 is 0 Å². The zero-order valence-corrected chi connectivity index (χ0v) is 15.5. The van der Waals surface area contributed by atoms with Gasteiger partial charge >= 0.3 is 0 Å². The Bertz CT molecular complexity index is 685. The fraction of sp³-hybridized carbons (Fsp3) is 0.529. The smallest absolute Gasteiger partial charge is 0.234 e. The van der Waals surface area contributed by atoms with Crippen LogP contribution >= 0.6 is 11.3 Å².